The van der Waals surface area contributed by atoms with Crippen molar-refractivity contribution in [2.45, 2.75) is 12.2 Å². The maximum absolute atomic E-state index is 12.2. The number of hydrogen-bond acceptors (Lipinski definition) is 2. The summed E-state index contributed by atoms with van der Waals surface area (Å²) >= 11 is 8.58. The molecule has 1 heterocycles. The molecule has 0 saturated carbocycles. The van der Waals surface area contributed by atoms with E-state index in [2.05, 4.69) is 20.9 Å². The van der Waals surface area contributed by atoms with Crippen LogP contribution >= 0.6 is 27.5 Å². The summed E-state index contributed by atoms with van der Waals surface area (Å²) in [6.45, 7) is 0. The molecule has 0 aliphatic rings. The molecule has 0 saturated heterocycles. The van der Waals surface area contributed by atoms with Gasteiger partial charge in [0.1, 0.15) is 6.04 Å². The Bertz CT molecular complexity index is 342. The molecule has 2 N–H and O–H groups in total. The van der Waals surface area contributed by atoms with Crippen LogP contribution in [0.2, 0.25) is 5.02 Å². The van der Waals surface area contributed by atoms with Crippen LogP contribution in [0, 0.1) is 0 Å². The number of aromatic nitrogens is 1. The summed E-state index contributed by atoms with van der Waals surface area (Å²) in [6, 6.07) is -0.835. The van der Waals surface area contributed by atoms with E-state index in [4.69, 9.17) is 17.3 Å². The summed E-state index contributed by atoms with van der Waals surface area (Å²) in [7, 11) is 0. The topological polar surface area (TPSA) is 38.9 Å². The minimum absolute atomic E-state index is 0.107. The Morgan fingerprint density at radius 2 is 2.07 bits per heavy atom. The number of hydrogen-bond donors (Lipinski definition) is 1. The van der Waals surface area contributed by atoms with Gasteiger partial charge >= 0.3 is 6.18 Å². The second-order valence-corrected chi connectivity index (χ2v) is 3.86. The smallest absolute Gasteiger partial charge is 0.315 e. The van der Waals surface area contributed by atoms with Crippen LogP contribution in [0.5, 0.6) is 0 Å². The third kappa shape index (κ3) is 2.59. The van der Waals surface area contributed by atoms with Gasteiger partial charge in [-0.15, -0.1) is 0 Å². The third-order valence-electron chi connectivity index (χ3n) is 1.48. The lowest BCUT2D eigenvalue weighted by Crippen LogP contribution is -2.29. The first-order valence-electron chi connectivity index (χ1n) is 3.45. The molecule has 14 heavy (non-hydrogen) atoms. The monoisotopic (exact) mass is 288 g/mol. The fraction of sp³-hybridized carbons (Fsp3) is 0.286. The van der Waals surface area contributed by atoms with Crippen molar-refractivity contribution < 1.29 is 13.2 Å². The Balaban J connectivity index is 3.08. The number of nitrogens with zero attached hydrogens (tertiary/aromatic N) is 1. The van der Waals surface area contributed by atoms with Gasteiger partial charge in [0, 0.05) is 10.7 Å². The van der Waals surface area contributed by atoms with Crippen LogP contribution in [-0.4, -0.2) is 11.2 Å². The zero-order valence-electron chi connectivity index (χ0n) is 6.65. The molecule has 0 spiro atoms. The SMILES string of the molecule is NC(c1ncc(Br)cc1Cl)C(F)(F)F. The van der Waals surface area contributed by atoms with Crippen molar-refractivity contribution in [1.29, 1.82) is 0 Å². The molecular formula is C7H5BrClF3N2. The van der Waals surface area contributed by atoms with Gasteiger partial charge in [-0.25, -0.2) is 0 Å². The van der Waals surface area contributed by atoms with Crippen LogP contribution in [0.25, 0.3) is 0 Å². The normalized spacial score (nSPS) is 14.1. The van der Waals surface area contributed by atoms with Crippen molar-refractivity contribution in [3.05, 3.63) is 27.5 Å². The van der Waals surface area contributed by atoms with Crippen LogP contribution in [0.15, 0.2) is 16.7 Å². The zero-order chi connectivity index (χ0) is 10.9. The predicted molar refractivity (Wildman–Crippen MR) is 49.9 cm³/mol. The molecule has 0 bridgehead atoms. The van der Waals surface area contributed by atoms with E-state index in [0.29, 0.717) is 4.47 Å². The molecule has 7 heteroatoms. The lowest BCUT2D eigenvalue weighted by atomic mass is 10.2. The molecule has 78 valence electrons. The summed E-state index contributed by atoms with van der Waals surface area (Å²) in [5.41, 5.74) is 4.56. The van der Waals surface area contributed by atoms with E-state index in [0.717, 1.165) is 0 Å². The third-order valence-corrected chi connectivity index (χ3v) is 2.22. The van der Waals surface area contributed by atoms with Crippen LogP contribution in [-0.2, 0) is 0 Å². The van der Waals surface area contributed by atoms with Crippen molar-refractivity contribution in [3.8, 4) is 0 Å². The van der Waals surface area contributed by atoms with Gasteiger partial charge in [0.05, 0.1) is 10.7 Å². The van der Waals surface area contributed by atoms with Crippen molar-refractivity contribution in [1.82, 2.24) is 4.98 Å². The largest absolute Gasteiger partial charge is 0.409 e. The molecule has 2 nitrogen and oxygen atoms in total. The van der Waals surface area contributed by atoms with Gasteiger partial charge in [-0.1, -0.05) is 11.6 Å². The highest BCUT2D eigenvalue weighted by molar-refractivity contribution is 9.10. The quantitative estimate of drug-likeness (QED) is 0.863. The Morgan fingerprint density at radius 1 is 1.50 bits per heavy atom. The maximum Gasteiger partial charge on any atom is 0.409 e. The molecule has 0 aromatic carbocycles. The minimum Gasteiger partial charge on any atom is -0.315 e. The van der Waals surface area contributed by atoms with Crippen molar-refractivity contribution >= 4 is 27.5 Å². The van der Waals surface area contributed by atoms with Crippen molar-refractivity contribution in [2.24, 2.45) is 5.73 Å². The fourth-order valence-electron chi connectivity index (χ4n) is 0.809. The Morgan fingerprint density at radius 3 is 2.50 bits per heavy atom. The molecular weight excluding hydrogens is 284 g/mol. The lowest BCUT2D eigenvalue weighted by Gasteiger charge is -2.15. The summed E-state index contributed by atoms with van der Waals surface area (Å²) in [5.74, 6) is 0. The molecule has 1 aromatic heterocycles. The first kappa shape index (κ1) is 11.7. The van der Waals surface area contributed by atoms with Gasteiger partial charge in [0.2, 0.25) is 0 Å². The van der Waals surface area contributed by atoms with E-state index in [1.54, 1.807) is 0 Å². The highest BCUT2D eigenvalue weighted by atomic mass is 79.9. The Hall–Kier alpha value is -0.330. The van der Waals surface area contributed by atoms with Crippen LogP contribution < -0.4 is 5.73 Å². The second kappa shape index (κ2) is 4.04. The lowest BCUT2D eigenvalue weighted by molar-refractivity contribution is -0.149. The van der Waals surface area contributed by atoms with Gasteiger partial charge in [-0.2, -0.15) is 13.2 Å². The molecule has 1 unspecified atom stereocenters. The predicted octanol–water partition coefficient (Wildman–Crippen LogP) is 3.06. The summed E-state index contributed by atoms with van der Waals surface area (Å²) in [5, 5.41) is -0.107. The minimum atomic E-state index is -4.54. The summed E-state index contributed by atoms with van der Waals surface area (Å²) in [4.78, 5) is 3.52. The van der Waals surface area contributed by atoms with E-state index in [1.165, 1.54) is 12.3 Å². The first-order valence-corrected chi connectivity index (χ1v) is 4.62. The summed E-state index contributed by atoms with van der Waals surface area (Å²) < 4.78 is 37.0. The average Bonchev–Trinajstić information content (AvgIpc) is 2.01. The van der Waals surface area contributed by atoms with Crippen molar-refractivity contribution in [2.75, 3.05) is 0 Å². The molecule has 0 aliphatic carbocycles. The summed E-state index contributed by atoms with van der Waals surface area (Å²) in [6.07, 6.45) is -3.32. The van der Waals surface area contributed by atoms with Crippen LogP contribution in [0.3, 0.4) is 0 Å². The second-order valence-electron chi connectivity index (χ2n) is 2.54. The van der Waals surface area contributed by atoms with Crippen LogP contribution in [0.1, 0.15) is 11.7 Å². The number of halogens is 5. The van der Waals surface area contributed by atoms with E-state index < -0.39 is 12.2 Å². The highest BCUT2D eigenvalue weighted by Crippen LogP contribution is 2.33. The van der Waals surface area contributed by atoms with Crippen molar-refractivity contribution in [3.63, 3.8) is 0 Å². The molecule has 0 radical (unpaired) electrons. The molecule has 1 rings (SSSR count). The van der Waals surface area contributed by atoms with Gasteiger partial charge in [-0.05, 0) is 22.0 Å². The maximum atomic E-state index is 12.2. The number of pyridine rings is 1. The van der Waals surface area contributed by atoms with Gasteiger partial charge in [0.15, 0.2) is 0 Å². The number of rotatable bonds is 1. The number of nitrogens with two attached hydrogens (primary N) is 1. The molecule has 0 aliphatic heterocycles. The van der Waals surface area contributed by atoms with Gasteiger partial charge < -0.3 is 5.73 Å². The standard InChI is InChI=1S/C7H5BrClF3N2/c8-3-1-4(9)5(14-2-3)6(13)7(10,11)12/h1-2,6H,13H2. The van der Waals surface area contributed by atoms with E-state index in [9.17, 15) is 13.2 Å². The molecule has 0 amide bonds. The first-order chi connectivity index (χ1) is 6.32. The zero-order valence-corrected chi connectivity index (χ0v) is 8.99. The Labute approximate surface area is 91.4 Å². The van der Waals surface area contributed by atoms with E-state index in [1.807, 2.05) is 0 Å². The van der Waals surface area contributed by atoms with E-state index >= 15 is 0 Å². The molecule has 0 fully saturated rings. The van der Waals surface area contributed by atoms with Gasteiger partial charge in [0.25, 0.3) is 0 Å². The fourth-order valence-corrected chi connectivity index (χ4v) is 1.56. The van der Waals surface area contributed by atoms with E-state index in [-0.39, 0.29) is 10.7 Å². The Kier molecular flexibility index (Phi) is 3.39. The van der Waals surface area contributed by atoms with Gasteiger partial charge in [-0.3, -0.25) is 4.98 Å². The van der Waals surface area contributed by atoms with Crippen LogP contribution in [0.4, 0.5) is 13.2 Å². The average molecular weight is 289 g/mol. The molecule has 1 atom stereocenters. The number of alkyl halides is 3. The highest BCUT2D eigenvalue weighted by Gasteiger charge is 2.39. The molecule has 1 aromatic rings.